The second-order valence-electron chi connectivity index (χ2n) is 6.39. The number of aromatic nitrogens is 1. The van der Waals surface area contributed by atoms with E-state index in [9.17, 15) is 5.11 Å². The third-order valence-corrected chi connectivity index (χ3v) is 4.73. The number of anilines is 1. The molecule has 1 aromatic heterocycles. The highest BCUT2D eigenvalue weighted by molar-refractivity contribution is 5.81. The lowest BCUT2D eigenvalue weighted by molar-refractivity contribution is 0.279. The number of fused-ring (bicyclic) bond motifs is 1. The van der Waals surface area contributed by atoms with Crippen LogP contribution in [0, 0.1) is 11.8 Å². The van der Waals surface area contributed by atoms with Gasteiger partial charge in [-0.2, -0.15) is 0 Å². The van der Waals surface area contributed by atoms with Gasteiger partial charge in [0.05, 0.1) is 12.1 Å². The first kappa shape index (κ1) is 14.3. The number of pyridine rings is 1. The van der Waals surface area contributed by atoms with Crippen LogP contribution in [-0.2, 0) is 6.61 Å². The number of hydrogen-bond donors (Lipinski definition) is 1. The summed E-state index contributed by atoms with van der Waals surface area (Å²) >= 11 is 0. The molecule has 0 unspecified atom stereocenters. The summed E-state index contributed by atoms with van der Waals surface area (Å²) in [5, 5.41) is 10.8. The van der Waals surface area contributed by atoms with Gasteiger partial charge in [0.2, 0.25) is 0 Å². The largest absolute Gasteiger partial charge is 0.392 e. The fourth-order valence-electron chi connectivity index (χ4n) is 3.32. The molecule has 1 N–H and O–H groups in total. The van der Waals surface area contributed by atoms with Crippen molar-refractivity contribution in [3.05, 3.63) is 35.9 Å². The fraction of sp³-hybridized carbons (Fsp3) is 0.500. The maximum atomic E-state index is 9.68. The fourth-order valence-corrected chi connectivity index (χ4v) is 3.32. The zero-order valence-corrected chi connectivity index (χ0v) is 12.9. The van der Waals surface area contributed by atoms with Crippen LogP contribution in [0.25, 0.3) is 10.9 Å². The molecule has 0 aliphatic carbocycles. The molecule has 1 aliphatic heterocycles. The summed E-state index contributed by atoms with van der Waals surface area (Å²) in [4.78, 5) is 7.15. The number of nitrogens with zero attached hydrogens (tertiary/aromatic N) is 2. The van der Waals surface area contributed by atoms with Gasteiger partial charge >= 0.3 is 0 Å². The zero-order chi connectivity index (χ0) is 14.8. The van der Waals surface area contributed by atoms with Gasteiger partial charge in [-0.1, -0.05) is 32.0 Å². The first-order chi connectivity index (χ1) is 10.2. The van der Waals surface area contributed by atoms with Gasteiger partial charge in [0.15, 0.2) is 0 Å². The molecular formula is C18H24N2O. The van der Waals surface area contributed by atoms with Crippen LogP contribution in [0.15, 0.2) is 30.3 Å². The van der Waals surface area contributed by atoms with E-state index in [-0.39, 0.29) is 6.61 Å². The van der Waals surface area contributed by atoms with Crippen LogP contribution < -0.4 is 4.90 Å². The van der Waals surface area contributed by atoms with E-state index in [2.05, 4.69) is 30.9 Å². The Kier molecular flexibility index (Phi) is 4.11. The Morgan fingerprint density at radius 3 is 2.62 bits per heavy atom. The Hall–Kier alpha value is -1.61. The molecule has 3 heteroatoms. The van der Waals surface area contributed by atoms with Crippen molar-refractivity contribution in [2.45, 2.75) is 33.3 Å². The van der Waals surface area contributed by atoms with Crippen LogP contribution in [0.4, 0.5) is 5.82 Å². The molecule has 2 aromatic rings. The van der Waals surface area contributed by atoms with E-state index in [0.717, 1.165) is 47.2 Å². The van der Waals surface area contributed by atoms with E-state index < -0.39 is 0 Å². The Morgan fingerprint density at radius 2 is 1.95 bits per heavy atom. The quantitative estimate of drug-likeness (QED) is 0.935. The number of aliphatic hydroxyl groups excluding tert-OH is 1. The smallest absolute Gasteiger partial charge is 0.134 e. The second kappa shape index (κ2) is 6.02. The van der Waals surface area contributed by atoms with Crippen molar-refractivity contribution in [2.24, 2.45) is 11.8 Å². The molecule has 0 amide bonds. The maximum absolute atomic E-state index is 9.68. The third-order valence-electron chi connectivity index (χ3n) is 4.73. The van der Waals surface area contributed by atoms with Crippen molar-refractivity contribution in [1.29, 1.82) is 0 Å². The molecule has 0 atom stereocenters. The van der Waals surface area contributed by atoms with E-state index in [1.807, 2.05) is 18.2 Å². The number of rotatable bonds is 3. The molecular weight excluding hydrogens is 260 g/mol. The van der Waals surface area contributed by atoms with Crippen LogP contribution >= 0.6 is 0 Å². The first-order valence-corrected chi connectivity index (χ1v) is 7.93. The highest BCUT2D eigenvalue weighted by atomic mass is 16.3. The van der Waals surface area contributed by atoms with Gasteiger partial charge in [-0.3, -0.25) is 0 Å². The average molecular weight is 284 g/mol. The Bertz CT molecular complexity index is 616. The van der Waals surface area contributed by atoms with Gasteiger partial charge in [0.25, 0.3) is 0 Å². The highest BCUT2D eigenvalue weighted by Crippen LogP contribution is 2.30. The molecule has 21 heavy (non-hydrogen) atoms. The zero-order valence-electron chi connectivity index (χ0n) is 12.9. The monoisotopic (exact) mass is 284 g/mol. The predicted molar refractivity (Wildman–Crippen MR) is 87.4 cm³/mol. The van der Waals surface area contributed by atoms with E-state index in [1.165, 1.54) is 12.8 Å². The van der Waals surface area contributed by atoms with Gasteiger partial charge in [-0.25, -0.2) is 4.98 Å². The molecule has 1 aromatic carbocycles. The van der Waals surface area contributed by atoms with Crippen molar-refractivity contribution in [3.8, 4) is 0 Å². The molecule has 1 saturated heterocycles. The molecule has 0 bridgehead atoms. The molecule has 1 fully saturated rings. The van der Waals surface area contributed by atoms with Crippen molar-refractivity contribution in [1.82, 2.24) is 4.98 Å². The molecule has 0 radical (unpaired) electrons. The minimum Gasteiger partial charge on any atom is -0.392 e. The van der Waals surface area contributed by atoms with Gasteiger partial charge < -0.3 is 10.0 Å². The van der Waals surface area contributed by atoms with E-state index in [1.54, 1.807) is 0 Å². The molecule has 0 saturated carbocycles. The lowest BCUT2D eigenvalue weighted by Gasteiger charge is -2.35. The van der Waals surface area contributed by atoms with Crippen LogP contribution in [0.1, 0.15) is 32.3 Å². The summed E-state index contributed by atoms with van der Waals surface area (Å²) in [6, 6.07) is 10.2. The topological polar surface area (TPSA) is 36.4 Å². The Balaban J connectivity index is 1.89. The van der Waals surface area contributed by atoms with Gasteiger partial charge in [0.1, 0.15) is 5.82 Å². The molecule has 3 rings (SSSR count). The first-order valence-electron chi connectivity index (χ1n) is 7.93. The summed E-state index contributed by atoms with van der Waals surface area (Å²) in [7, 11) is 0. The van der Waals surface area contributed by atoms with Gasteiger partial charge in [-0.05, 0) is 36.8 Å². The number of hydrogen-bond acceptors (Lipinski definition) is 3. The van der Waals surface area contributed by atoms with Gasteiger partial charge in [-0.15, -0.1) is 0 Å². The molecule has 1 aliphatic rings. The lowest BCUT2D eigenvalue weighted by atomic mass is 9.86. The SMILES string of the molecule is CC(C)C1CCN(c2nc3ccccc3cc2CO)CC1. The summed E-state index contributed by atoms with van der Waals surface area (Å²) in [5.74, 6) is 2.55. The van der Waals surface area contributed by atoms with Gasteiger partial charge in [0, 0.05) is 24.0 Å². The minimum absolute atomic E-state index is 0.0529. The van der Waals surface area contributed by atoms with Crippen molar-refractivity contribution < 1.29 is 5.11 Å². The summed E-state index contributed by atoms with van der Waals surface area (Å²) in [5.41, 5.74) is 1.95. The number of benzene rings is 1. The normalized spacial score (nSPS) is 16.9. The van der Waals surface area contributed by atoms with Crippen molar-refractivity contribution in [2.75, 3.05) is 18.0 Å². The summed E-state index contributed by atoms with van der Waals surface area (Å²) in [6.07, 6.45) is 2.44. The molecule has 0 spiro atoms. The highest BCUT2D eigenvalue weighted by Gasteiger charge is 2.23. The Morgan fingerprint density at radius 1 is 1.24 bits per heavy atom. The van der Waals surface area contributed by atoms with Crippen LogP contribution in [0.3, 0.4) is 0 Å². The van der Waals surface area contributed by atoms with E-state index >= 15 is 0 Å². The van der Waals surface area contributed by atoms with Crippen LogP contribution in [0.2, 0.25) is 0 Å². The van der Waals surface area contributed by atoms with Crippen LogP contribution in [-0.4, -0.2) is 23.2 Å². The van der Waals surface area contributed by atoms with E-state index in [4.69, 9.17) is 4.98 Å². The minimum atomic E-state index is 0.0529. The number of para-hydroxylation sites is 1. The lowest BCUT2D eigenvalue weighted by Crippen LogP contribution is -2.36. The Labute approximate surface area is 126 Å². The second-order valence-corrected chi connectivity index (χ2v) is 6.39. The average Bonchev–Trinajstić information content (AvgIpc) is 2.53. The predicted octanol–water partition coefficient (Wildman–Crippen LogP) is 3.60. The summed E-state index contributed by atoms with van der Waals surface area (Å²) in [6.45, 7) is 6.77. The standard InChI is InChI=1S/C18H24N2O/c1-13(2)14-7-9-20(10-8-14)18-16(12-21)11-15-5-3-4-6-17(15)19-18/h3-6,11,13-14,21H,7-10,12H2,1-2H3. The van der Waals surface area contributed by atoms with Crippen LogP contribution in [0.5, 0.6) is 0 Å². The van der Waals surface area contributed by atoms with Crippen molar-refractivity contribution >= 4 is 16.7 Å². The third kappa shape index (κ3) is 2.88. The molecule has 112 valence electrons. The number of aliphatic hydroxyl groups is 1. The summed E-state index contributed by atoms with van der Waals surface area (Å²) < 4.78 is 0. The molecule has 2 heterocycles. The number of piperidine rings is 1. The molecule has 3 nitrogen and oxygen atoms in total. The maximum Gasteiger partial charge on any atom is 0.134 e. The van der Waals surface area contributed by atoms with Crippen molar-refractivity contribution in [3.63, 3.8) is 0 Å². The van der Waals surface area contributed by atoms with E-state index in [0.29, 0.717) is 0 Å².